The quantitative estimate of drug-likeness (QED) is 0.485. The molecule has 27 heavy (non-hydrogen) atoms. The van der Waals surface area contributed by atoms with Gasteiger partial charge in [-0.2, -0.15) is 5.10 Å². The van der Waals surface area contributed by atoms with Crippen LogP contribution in [0.2, 0.25) is 5.02 Å². The summed E-state index contributed by atoms with van der Waals surface area (Å²) in [5, 5.41) is 4.58. The number of hydrogen-bond donors (Lipinski definition) is 1. The molecule has 0 aromatic heterocycles. The van der Waals surface area contributed by atoms with Gasteiger partial charge >= 0.3 is 0 Å². The van der Waals surface area contributed by atoms with Crippen molar-refractivity contribution in [2.24, 2.45) is 5.10 Å². The summed E-state index contributed by atoms with van der Waals surface area (Å²) in [6, 6.07) is 22.4. The molecule has 3 aromatic rings. The van der Waals surface area contributed by atoms with Gasteiger partial charge in [0.15, 0.2) is 0 Å². The Morgan fingerprint density at radius 1 is 1.07 bits per heavy atom. The fraction of sp³-hybridized carbons (Fsp3) is 0.0909. The second-order valence-corrected chi connectivity index (χ2v) is 6.49. The average molecular weight is 379 g/mol. The minimum absolute atomic E-state index is 0.297. The standard InChI is InChI=1S/C22H19ClN2O2/c1-16-5-7-17(8-6-16)15-27-21-4-2-3-18(13-21)14-24-25-22(26)19-9-11-20(23)12-10-19/h2-14H,15H2,1H3,(H,25,26)/b24-14-. The maximum Gasteiger partial charge on any atom is 0.271 e. The number of hydrogen-bond acceptors (Lipinski definition) is 3. The minimum Gasteiger partial charge on any atom is -0.489 e. The highest BCUT2D eigenvalue weighted by Crippen LogP contribution is 2.15. The summed E-state index contributed by atoms with van der Waals surface area (Å²) in [6.45, 7) is 2.55. The zero-order valence-corrected chi connectivity index (χ0v) is 15.6. The number of carbonyl (C=O) groups is 1. The van der Waals surface area contributed by atoms with Gasteiger partial charge in [0.05, 0.1) is 6.21 Å². The monoisotopic (exact) mass is 378 g/mol. The summed E-state index contributed by atoms with van der Waals surface area (Å²) < 4.78 is 5.82. The Labute approximate surface area is 163 Å². The molecular formula is C22H19ClN2O2. The maximum atomic E-state index is 12.0. The van der Waals surface area contributed by atoms with Crippen LogP contribution in [0.15, 0.2) is 77.9 Å². The molecule has 0 bridgehead atoms. The molecule has 0 unspecified atom stereocenters. The SMILES string of the molecule is Cc1ccc(COc2cccc(/C=N\NC(=O)c3ccc(Cl)cc3)c2)cc1. The topological polar surface area (TPSA) is 50.7 Å². The number of rotatable bonds is 6. The van der Waals surface area contributed by atoms with Crippen LogP contribution in [-0.4, -0.2) is 12.1 Å². The second-order valence-electron chi connectivity index (χ2n) is 6.05. The number of aryl methyl sites for hydroxylation is 1. The summed E-state index contributed by atoms with van der Waals surface area (Å²) in [7, 11) is 0. The molecule has 4 nitrogen and oxygen atoms in total. The molecule has 0 aliphatic carbocycles. The zero-order valence-electron chi connectivity index (χ0n) is 14.9. The number of halogens is 1. The molecule has 0 aliphatic rings. The molecule has 1 amide bonds. The molecule has 0 aliphatic heterocycles. The molecule has 1 N–H and O–H groups in total. The summed E-state index contributed by atoms with van der Waals surface area (Å²) in [6.07, 6.45) is 1.58. The number of nitrogens with zero attached hydrogens (tertiary/aromatic N) is 1. The van der Waals surface area contributed by atoms with Crippen LogP contribution in [0.3, 0.4) is 0 Å². The van der Waals surface area contributed by atoms with E-state index in [2.05, 4.69) is 29.6 Å². The van der Waals surface area contributed by atoms with E-state index < -0.39 is 0 Å². The molecule has 0 radical (unpaired) electrons. The van der Waals surface area contributed by atoms with E-state index in [0.29, 0.717) is 17.2 Å². The highest BCUT2D eigenvalue weighted by Gasteiger charge is 2.03. The van der Waals surface area contributed by atoms with Gasteiger partial charge in [-0.15, -0.1) is 0 Å². The molecule has 0 fully saturated rings. The largest absolute Gasteiger partial charge is 0.489 e. The van der Waals surface area contributed by atoms with Crippen molar-refractivity contribution in [2.75, 3.05) is 0 Å². The lowest BCUT2D eigenvalue weighted by Gasteiger charge is -2.07. The number of amides is 1. The Bertz CT molecular complexity index is 935. The fourth-order valence-electron chi connectivity index (χ4n) is 2.37. The van der Waals surface area contributed by atoms with E-state index in [0.717, 1.165) is 16.9 Å². The zero-order chi connectivity index (χ0) is 19.1. The molecule has 0 heterocycles. The van der Waals surface area contributed by atoms with Crippen molar-refractivity contribution in [1.29, 1.82) is 0 Å². The van der Waals surface area contributed by atoms with Crippen molar-refractivity contribution in [1.82, 2.24) is 5.43 Å². The average Bonchev–Trinajstić information content (AvgIpc) is 2.68. The van der Waals surface area contributed by atoms with E-state index >= 15 is 0 Å². The predicted octanol–water partition coefficient (Wildman–Crippen LogP) is 4.99. The van der Waals surface area contributed by atoms with E-state index in [1.807, 2.05) is 36.4 Å². The van der Waals surface area contributed by atoms with Gasteiger partial charge in [-0.25, -0.2) is 5.43 Å². The van der Waals surface area contributed by atoms with Gasteiger partial charge in [0, 0.05) is 10.6 Å². The van der Waals surface area contributed by atoms with Crippen molar-refractivity contribution in [3.8, 4) is 5.75 Å². The van der Waals surface area contributed by atoms with Crippen molar-refractivity contribution in [2.45, 2.75) is 13.5 Å². The lowest BCUT2D eigenvalue weighted by molar-refractivity contribution is 0.0955. The van der Waals surface area contributed by atoms with Crippen molar-refractivity contribution < 1.29 is 9.53 Å². The normalized spacial score (nSPS) is 10.7. The fourth-order valence-corrected chi connectivity index (χ4v) is 2.49. The first-order valence-electron chi connectivity index (χ1n) is 8.47. The molecule has 3 rings (SSSR count). The number of ether oxygens (including phenoxy) is 1. The number of nitrogens with one attached hydrogen (secondary N) is 1. The van der Waals surface area contributed by atoms with E-state index in [9.17, 15) is 4.79 Å². The van der Waals surface area contributed by atoms with Gasteiger partial charge in [0.2, 0.25) is 0 Å². The van der Waals surface area contributed by atoms with Crippen LogP contribution in [0.1, 0.15) is 27.0 Å². The van der Waals surface area contributed by atoms with Gasteiger partial charge in [0.1, 0.15) is 12.4 Å². The van der Waals surface area contributed by atoms with Crippen molar-refractivity contribution in [3.05, 3.63) is 100 Å². The van der Waals surface area contributed by atoms with Crippen LogP contribution < -0.4 is 10.2 Å². The molecule has 0 saturated heterocycles. The predicted molar refractivity (Wildman–Crippen MR) is 108 cm³/mol. The third-order valence-corrected chi connectivity index (χ3v) is 4.12. The Balaban J connectivity index is 1.56. The van der Waals surface area contributed by atoms with Crippen LogP contribution >= 0.6 is 11.6 Å². The Morgan fingerprint density at radius 3 is 2.56 bits per heavy atom. The lowest BCUT2D eigenvalue weighted by atomic mass is 10.2. The van der Waals surface area contributed by atoms with Crippen molar-refractivity contribution >= 4 is 23.7 Å². The second kappa shape index (κ2) is 9.01. The molecule has 0 saturated carbocycles. The molecule has 5 heteroatoms. The van der Waals surface area contributed by atoms with Gasteiger partial charge in [0.25, 0.3) is 5.91 Å². The van der Waals surface area contributed by atoms with Crippen LogP contribution in [0.25, 0.3) is 0 Å². The summed E-state index contributed by atoms with van der Waals surface area (Å²) in [4.78, 5) is 12.0. The van der Waals surface area contributed by atoms with Gasteiger partial charge in [-0.05, 0) is 54.4 Å². The highest BCUT2D eigenvalue weighted by atomic mass is 35.5. The first-order valence-corrected chi connectivity index (χ1v) is 8.85. The number of hydrazone groups is 1. The maximum absolute atomic E-state index is 12.0. The van der Waals surface area contributed by atoms with Crippen molar-refractivity contribution in [3.63, 3.8) is 0 Å². The minimum atomic E-state index is -0.297. The van der Waals surface area contributed by atoms with E-state index in [4.69, 9.17) is 16.3 Å². The Kier molecular flexibility index (Phi) is 6.23. The van der Waals surface area contributed by atoms with Gasteiger partial charge < -0.3 is 4.74 Å². The van der Waals surface area contributed by atoms with E-state index in [1.54, 1.807) is 30.5 Å². The molecule has 0 spiro atoms. The molecule has 3 aromatic carbocycles. The summed E-state index contributed by atoms with van der Waals surface area (Å²) >= 11 is 5.81. The molecular weight excluding hydrogens is 360 g/mol. The first-order chi connectivity index (χ1) is 13.1. The Hall–Kier alpha value is -3.11. The lowest BCUT2D eigenvalue weighted by Crippen LogP contribution is -2.17. The van der Waals surface area contributed by atoms with Crippen LogP contribution in [0.4, 0.5) is 0 Å². The van der Waals surface area contributed by atoms with E-state index in [-0.39, 0.29) is 5.91 Å². The highest BCUT2D eigenvalue weighted by molar-refractivity contribution is 6.30. The molecule has 136 valence electrons. The summed E-state index contributed by atoms with van der Waals surface area (Å²) in [5.41, 5.74) is 6.14. The Morgan fingerprint density at radius 2 is 1.81 bits per heavy atom. The van der Waals surface area contributed by atoms with E-state index in [1.165, 1.54) is 5.56 Å². The smallest absolute Gasteiger partial charge is 0.271 e. The third kappa shape index (κ3) is 5.69. The van der Waals surface area contributed by atoms with Gasteiger partial charge in [-0.3, -0.25) is 4.79 Å². The third-order valence-electron chi connectivity index (χ3n) is 3.87. The van der Waals surface area contributed by atoms with Gasteiger partial charge in [-0.1, -0.05) is 53.6 Å². The summed E-state index contributed by atoms with van der Waals surface area (Å²) in [5.74, 6) is 0.443. The first kappa shape index (κ1) is 18.7. The van der Waals surface area contributed by atoms with Crippen LogP contribution in [0, 0.1) is 6.92 Å². The number of carbonyl (C=O) groups excluding carboxylic acids is 1. The van der Waals surface area contributed by atoms with Crippen LogP contribution in [-0.2, 0) is 6.61 Å². The number of benzene rings is 3. The molecule has 0 atom stereocenters. The van der Waals surface area contributed by atoms with Crippen LogP contribution in [0.5, 0.6) is 5.75 Å².